The molecule has 0 radical (unpaired) electrons. The lowest BCUT2D eigenvalue weighted by Gasteiger charge is -2.41. The molecule has 0 bridgehead atoms. The van der Waals surface area contributed by atoms with Crippen LogP contribution >= 0.6 is 0 Å². The van der Waals surface area contributed by atoms with Gasteiger partial charge in [0.2, 0.25) is 11.9 Å². The molecule has 29 heavy (non-hydrogen) atoms. The van der Waals surface area contributed by atoms with E-state index in [1.807, 2.05) is 24.3 Å². The van der Waals surface area contributed by atoms with Gasteiger partial charge in [-0.1, -0.05) is 37.6 Å². The fourth-order valence-corrected chi connectivity index (χ4v) is 4.69. The van der Waals surface area contributed by atoms with E-state index in [9.17, 15) is 9.59 Å². The minimum Gasteiger partial charge on any atom is -0.465 e. The fraction of sp³-hybridized carbons (Fsp3) is 0.522. The fourth-order valence-electron chi connectivity index (χ4n) is 4.69. The number of benzene rings is 1. The Kier molecular flexibility index (Phi) is 5.69. The second kappa shape index (κ2) is 8.39. The Morgan fingerprint density at radius 3 is 2.79 bits per heavy atom. The molecule has 1 aliphatic carbocycles. The molecule has 0 N–H and O–H groups in total. The monoisotopic (exact) mass is 395 g/mol. The number of nitrogens with zero attached hydrogens (tertiary/aromatic N) is 3. The van der Waals surface area contributed by atoms with E-state index in [0.29, 0.717) is 12.5 Å². The van der Waals surface area contributed by atoms with Crippen LogP contribution in [0.25, 0.3) is 11.0 Å². The summed E-state index contributed by atoms with van der Waals surface area (Å²) in [4.78, 5) is 33.2. The first-order chi connectivity index (χ1) is 14.2. The van der Waals surface area contributed by atoms with Crippen molar-refractivity contribution in [3.8, 4) is 0 Å². The number of allylic oxidation sites excluding steroid dienone is 2. The molecule has 154 valence electrons. The third-order valence-electron chi connectivity index (χ3n) is 6.06. The van der Waals surface area contributed by atoms with Gasteiger partial charge in [0, 0.05) is 6.54 Å². The van der Waals surface area contributed by atoms with E-state index >= 15 is 0 Å². The number of carbonyl (C=O) groups excluding carboxylic acids is 2. The highest BCUT2D eigenvalue weighted by Gasteiger charge is 2.49. The Balaban J connectivity index is 1.90. The second-order valence-corrected chi connectivity index (χ2v) is 7.88. The lowest BCUT2D eigenvalue weighted by atomic mass is 9.79. The largest absolute Gasteiger partial charge is 0.465 e. The molecule has 3 atom stereocenters. The van der Waals surface area contributed by atoms with Crippen LogP contribution in [0, 0.1) is 11.8 Å². The summed E-state index contributed by atoms with van der Waals surface area (Å²) in [6, 6.07) is 7.68. The number of anilines is 1. The number of aromatic nitrogens is 2. The highest BCUT2D eigenvalue weighted by Crippen LogP contribution is 2.44. The summed E-state index contributed by atoms with van der Waals surface area (Å²) in [5, 5.41) is 0. The van der Waals surface area contributed by atoms with Gasteiger partial charge in [-0.05, 0) is 50.7 Å². The standard InChI is InChI=1S/C23H29N3O3/c1-3-5-15-25-21(27)19(22(28)29-4-2)20(16-11-7-6-8-12-16)26-18-14-10-9-13-17(18)24-23(25)26/h6-7,9-10,13-14,16,19-20H,3-5,8,11-12,15H2,1-2H3/t16-,19+,20-/m0/s1. The van der Waals surface area contributed by atoms with Crippen LogP contribution in [0.5, 0.6) is 0 Å². The molecule has 6 nitrogen and oxygen atoms in total. The first-order valence-corrected chi connectivity index (χ1v) is 10.8. The van der Waals surface area contributed by atoms with E-state index in [1.54, 1.807) is 11.8 Å². The summed E-state index contributed by atoms with van der Waals surface area (Å²) >= 11 is 0. The normalized spacial score (nSPS) is 24.0. The van der Waals surface area contributed by atoms with Crippen LogP contribution in [0.2, 0.25) is 0 Å². The molecule has 0 saturated heterocycles. The molecule has 2 aromatic rings. The van der Waals surface area contributed by atoms with Gasteiger partial charge < -0.3 is 9.30 Å². The van der Waals surface area contributed by atoms with Crippen molar-refractivity contribution < 1.29 is 14.3 Å². The predicted molar refractivity (Wildman–Crippen MR) is 113 cm³/mol. The van der Waals surface area contributed by atoms with Crippen LogP contribution < -0.4 is 4.90 Å². The van der Waals surface area contributed by atoms with Gasteiger partial charge in [0.25, 0.3) is 0 Å². The molecule has 1 aromatic heterocycles. The molecule has 1 aromatic carbocycles. The number of hydrogen-bond acceptors (Lipinski definition) is 4. The Hall–Kier alpha value is -2.63. The van der Waals surface area contributed by atoms with Gasteiger partial charge >= 0.3 is 5.97 Å². The summed E-state index contributed by atoms with van der Waals surface area (Å²) < 4.78 is 7.54. The summed E-state index contributed by atoms with van der Waals surface area (Å²) in [5.74, 6) is -0.539. The van der Waals surface area contributed by atoms with Crippen LogP contribution in [0.3, 0.4) is 0 Å². The number of ether oxygens (including phenoxy) is 1. The van der Waals surface area contributed by atoms with Gasteiger partial charge in [0.15, 0.2) is 5.92 Å². The smallest absolute Gasteiger partial charge is 0.320 e. The quantitative estimate of drug-likeness (QED) is 0.416. The maximum atomic E-state index is 13.6. The Morgan fingerprint density at radius 1 is 1.24 bits per heavy atom. The lowest BCUT2D eigenvalue weighted by Crippen LogP contribution is -2.52. The molecule has 2 heterocycles. The third kappa shape index (κ3) is 3.45. The van der Waals surface area contributed by atoms with Crippen molar-refractivity contribution >= 4 is 28.9 Å². The van der Waals surface area contributed by atoms with Crippen LogP contribution in [0.15, 0.2) is 36.4 Å². The van der Waals surface area contributed by atoms with Crippen LogP contribution in [0.1, 0.15) is 52.0 Å². The number of para-hydroxylation sites is 2. The van der Waals surface area contributed by atoms with Gasteiger partial charge in [0.05, 0.1) is 23.7 Å². The Bertz CT molecular complexity index is 933. The zero-order chi connectivity index (χ0) is 20.4. The predicted octanol–water partition coefficient (Wildman–Crippen LogP) is 4.26. The van der Waals surface area contributed by atoms with E-state index < -0.39 is 11.9 Å². The van der Waals surface area contributed by atoms with Gasteiger partial charge in [-0.15, -0.1) is 0 Å². The van der Waals surface area contributed by atoms with E-state index in [2.05, 4.69) is 23.6 Å². The highest BCUT2D eigenvalue weighted by atomic mass is 16.5. The first-order valence-electron chi connectivity index (χ1n) is 10.8. The molecule has 1 amide bonds. The molecule has 0 fully saturated rings. The number of carbonyl (C=O) groups is 2. The number of amides is 1. The average molecular weight is 396 g/mol. The number of esters is 1. The SMILES string of the molecule is CCCCN1C(=O)[C@H](C(=O)OCC)[C@H]([C@H]2CC=CCC2)n2c1nc1ccccc12. The van der Waals surface area contributed by atoms with Crippen molar-refractivity contribution in [2.75, 3.05) is 18.1 Å². The molecule has 2 aliphatic rings. The summed E-state index contributed by atoms with van der Waals surface area (Å²) in [6.45, 7) is 4.71. The minimum atomic E-state index is -0.826. The number of imidazole rings is 1. The van der Waals surface area contributed by atoms with Crippen molar-refractivity contribution in [2.45, 2.75) is 52.0 Å². The van der Waals surface area contributed by atoms with Gasteiger partial charge in [-0.25, -0.2) is 4.98 Å². The number of rotatable bonds is 6. The third-order valence-corrected chi connectivity index (χ3v) is 6.06. The second-order valence-electron chi connectivity index (χ2n) is 7.88. The van der Waals surface area contributed by atoms with Gasteiger partial charge in [0.1, 0.15) is 0 Å². The zero-order valence-electron chi connectivity index (χ0n) is 17.2. The van der Waals surface area contributed by atoms with Crippen molar-refractivity contribution in [3.05, 3.63) is 36.4 Å². The highest BCUT2D eigenvalue weighted by molar-refractivity contribution is 6.08. The lowest BCUT2D eigenvalue weighted by molar-refractivity contribution is -0.155. The minimum absolute atomic E-state index is 0.167. The van der Waals surface area contributed by atoms with Crippen molar-refractivity contribution in [1.29, 1.82) is 0 Å². The average Bonchev–Trinajstić information content (AvgIpc) is 3.12. The van der Waals surface area contributed by atoms with E-state index in [1.165, 1.54) is 0 Å². The number of hydrogen-bond donors (Lipinski definition) is 0. The summed E-state index contributed by atoms with van der Waals surface area (Å²) in [6.07, 6.45) is 8.95. The molecule has 1 aliphatic heterocycles. The molecule has 4 rings (SSSR count). The Labute approximate surface area is 171 Å². The molecular weight excluding hydrogens is 366 g/mol. The van der Waals surface area contributed by atoms with Crippen molar-refractivity contribution in [2.24, 2.45) is 11.8 Å². The maximum absolute atomic E-state index is 13.6. The topological polar surface area (TPSA) is 64.4 Å². The molecule has 0 spiro atoms. The van der Waals surface area contributed by atoms with E-state index in [0.717, 1.165) is 43.1 Å². The molecular formula is C23H29N3O3. The first kappa shape index (κ1) is 19.7. The zero-order valence-corrected chi connectivity index (χ0v) is 17.2. The van der Waals surface area contributed by atoms with Crippen LogP contribution in [-0.4, -0.2) is 34.6 Å². The number of unbranched alkanes of at least 4 members (excludes halogenated alkanes) is 1. The van der Waals surface area contributed by atoms with Crippen molar-refractivity contribution in [3.63, 3.8) is 0 Å². The Morgan fingerprint density at radius 2 is 2.07 bits per heavy atom. The summed E-state index contributed by atoms with van der Waals surface area (Å²) in [5.41, 5.74) is 1.84. The van der Waals surface area contributed by atoms with Crippen molar-refractivity contribution in [1.82, 2.24) is 9.55 Å². The van der Waals surface area contributed by atoms with E-state index in [-0.39, 0.29) is 24.5 Å². The van der Waals surface area contributed by atoms with E-state index in [4.69, 9.17) is 9.72 Å². The van der Waals surface area contributed by atoms with Gasteiger partial charge in [-0.2, -0.15) is 0 Å². The summed E-state index contributed by atoms with van der Waals surface area (Å²) in [7, 11) is 0. The van der Waals surface area contributed by atoms with Crippen LogP contribution in [0.4, 0.5) is 5.95 Å². The molecule has 0 unspecified atom stereocenters. The molecule has 0 saturated carbocycles. The maximum Gasteiger partial charge on any atom is 0.320 e. The van der Waals surface area contributed by atoms with Crippen LogP contribution in [-0.2, 0) is 14.3 Å². The molecule has 6 heteroatoms. The number of fused-ring (bicyclic) bond motifs is 3. The van der Waals surface area contributed by atoms with Gasteiger partial charge in [-0.3, -0.25) is 14.5 Å².